The fourth-order valence-corrected chi connectivity index (χ4v) is 6.90. The molecule has 0 heterocycles. The zero-order chi connectivity index (χ0) is 22.6. The van der Waals surface area contributed by atoms with Gasteiger partial charge in [-0.2, -0.15) is 0 Å². The van der Waals surface area contributed by atoms with Crippen LogP contribution >= 0.6 is 23.5 Å². The van der Waals surface area contributed by atoms with Gasteiger partial charge in [-0.1, -0.05) is 26.0 Å². The molecule has 3 rings (SSSR count). The van der Waals surface area contributed by atoms with Crippen LogP contribution in [-0.4, -0.2) is 45.4 Å². The highest BCUT2D eigenvalue weighted by atomic mass is 32.2. The molecule has 4 nitrogen and oxygen atoms in total. The van der Waals surface area contributed by atoms with Crippen LogP contribution < -0.4 is 4.74 Å². The van der Waals surface area contributed by atoms with E-state index in [9.17, 15) is 4.79 Å². The molecule has 1 aromatic rings. The van der Waals surface area contributed by atoms with Gasteiger partial charge in [-0.05, 0) is 67.7 Å². The number of carbonyl (C=O) groups is 1. The Morgan fingerprint density at radius 2 is 1.94 bits per heavy atom. The molecule has 1 fully saturated rings. The van der Waals surface area contributed by atoms with Gasteiger partial charge in [0.05, 0.1) is 13.7 Å². The normalized spacial score (nSPS) is 23.0. The Kier molecular flexibility index (Phi) is 8.58. The highest BCUT2D eigenvalue weighted by Crippen LogP contribution is 2.54. The lowest BCUT2D eigenvalue weighted by Crippen LogP contribution is -2.50. The van der Waals surface area contributed by atoms with Gasteiger partial charge in [0.15, 0.2) is 5.78 Å². The summed E-state index contributed by atoms with van der Waals surface area (Å²) in [6, 6.07) is 4.44. The molecular weight excluding hydrogens is 428 g/mol. The van der Waals surface area contributed by atoms with Crippen LogP contribution in [0.2, 0.25) is 0 Å². The maximum absolute atomic E-state index is 13.7. The van der Waals surface area contributed by atoms with E-state index in [1.807, 2.05) is 6.92 Å². The Bertz CT molecular complexity index is 827. The summed E-state index contributed by atoms with van der Waals surface area (Å²) >= 11 is 3.38. The fourth-order valence-electron chi connectivity index (χ4n) is 5.33. The number of allylic oxidation sites excluding steroid dienone is 1. The number of carbonyl (C=O) groups excluding carboxylic acids is 1. The Balaban J connectivity index is 2.10. The average molecular weight is 465 g/mol. The number of ether oxygens (including phenoxy) is 3. The third-order valence-corrected chi connectivity index (χ3v) is 9.02. The van der Waals surface area contributed by atoms with Crippen LogP contribution in [-0.2, 0) is 26.1 Å². The van der Waals surface area contributed by atoms with Crippen molar-refractivity contribution in [2.24, 2.45) is 5.92 Å². The molecule has 0 N–H and O–H groups in total. The molecular formula is C25H36O4S2. The largest absolute Gasteiger partial charge is 0.496 e. The summed E-state index contributed by atoms with van der Waals surface area (Å²) in [5.41, 5.74) is 4.43. The minimum atomic E-state index is -0.323. The van der Waals surface area contributed by atoms with Gasteiger partial charge in [-0.3, -0.25) is 4.79 Å². The van der Waals surface area contributed by atoms with Crippen molar-refractivity contribution in [2.45, 2.75) is 57.8 Å². The average Bonchev–Trinajstić information content (AvgIpc) is 2.78. The molecule has 0 aromatic heterocycles. The lowest BCUT2D eigenvalue weighted by atomic mass is 9.56. The molecule has 1 aromatic carbocycles. The topological polar surface area (TPSA) is 44.8 Å². The van der Waals surface area contributed by atoms with Crippen LogP contribution in [0.25, 0.3) is 0 Å². The summed E-state index contributed by atoms with van der Waals surface area (Å²) in [6.07, 6.45) is 7.52. The van der Waals surface area contributed by atoms with Crippen molar-refractivity contribution < 1.29 is 19.0 Å². The first-order valence-corrected chi connectivity index (χ1v) is 13.6. The van der Waals surface area contributed by atoms with E-state index in [0.29, 0.717) is 24.9 Å². The Morgan fingerprint density at radius 3 is 2.55 bits per heavy atom. The number of thioether (sulfide) groups is 2. The predicted molar refractivity (Wildman–Crippen MR) is 131 cm³/mol. The maximum Gasteiger partial charge on any atom is 0.164 e. The zero-order valence-electron chi connectivity index (χ0n) is 19.7. The van der Waals surface area contributed by atoms with Crippen molar-refractivity contribution in [2.75, 3.05) is 39.6 Å². The molecule has 0 unspecified atom stereocenters. The monoisotopic (exact) mass is 464 g/mol. The molecule has 31 heavy (non-hydrogen) atoms. The highest BCUT2D eigenvalue weighted by molar-refractivity contribution is 8.21. The molecule has 0 bridgehead atoms. The Morgan fingerprint density at radius 1 is 1.19 bits per heavy atom. The fraction of sp³-hybridized carbons (Fsp3) is 0.640. The SMILES string of the molecule is CCOCOC[C@]12CCC(=C(SC)SC)C(=O)[C@@H]1CCc1c2ccc(C(C)C)c1OC. The van der Waals surface area contributed by atoms with Gasteiger partial charge in [-0.25, -0.2) is 0 Å². The van der Waals surface area contributed by atoms with Gasteiger partial charge >= 0.3 is 0 Å². The van der Waals surface area contributed by atoms with Gasteiger partial charge in [0.25, 0.3) is 0 Å². The molecule has 2 atom stereocenters. The van der Waals surface area contributed by atoms with Crippen LogP contribution in [0.4, 0.5) is 0 Å². The van der Waals surface area contributed by atoms with Crippen molar-refractivity contribution in [3.8, 4) is 5.75 Å². The number of benzene rings is 1. The van der Waals surface area contributed by atoms with Gasteiger partial charge < -0.3 is 14.2 Å². The number of hydrogen-bond donors (Lipinski definition) is 0. The summed E-state index contributed by atoms with van der Waals surface area (Å²) in [4.78, 5) is 13.7. The molecule has 1 saturated carbocycles. The molecule has 6 heteroatoms. The van der Waals surface area contributed by atoms with E-state index < -0.39 is 0 Å². The summed E-state index contributed by atoms with van der Waals surface area (Å²) in [6.45, 7) is 7.75. The van der Waals surface area contributed by atoms with Gasteiger partial charge in [0.2, 0.25) is 0 Å². The second-order valence-electron chi connectivity index (χ2n) is 8.61. The summed E-state index contributed by atoms with van der Waals surface area (Å²) in [5, 5.41) is 0. The molecule has 2 aliphatic carbocycles. The van der Waals surface area contributed by atoms with E-state index in [-0.39, 0.29) is 18.1 Å². The van der Waals surface area contributed by atoms with Crippen molar-refractivity contribution >= 4 is 29.3 Å². The Hall–Kier alpha value is -0.950. The molecule has 0 saturated heterocycles. The first-order valence-electron chi connectivity index (χ1n) is 11.2. The van der Waals surface area contributed by atoms with E-state index in [4.69, 9.17) is 14.2 Å². The van der Waals surface area contributed by atoms with Crippen molar-refractivity contribution in [1.29, 1.82) is 0 Å². The number of ketones is 1. The second-order valence-corrected chi connectivity index (χ2v) is 10.5. The predicted octanol–water partition coefficient (Wildman–Crippen LogP) is 5.93. The third kappa shape index (κ3) is 4.59. The molecule has 0 radical (unpaired) electrons. The smallest absolute Gasteiger partial charge is 0.164 e. The standard InChI is InChI=1S/C25H36O4S2/c1-7-28-15-29-14-25-13-12-19(24(30-5)31-6)22(26)21(25)11-9-18-20(25)10-8-17(16(2)3)23(18)27-4/h8,10,16,21H,7,9,11-15H2,1-6H3/t21-,25-/m0/s1. The minimum Gasteiger partial charge on any atom is -0.496 e. The summed E-state index contributed by atoms with van der Waals surface area (Å²) in [7, 11) is 1.77. The molecule has 0 spiro atoms. The Labute approximate surface area is 195 Å². The maximum atomic E-state index is 13.7. The van der Waals surface area contributed by atoms with Crippen LogP contribution in [0.15, 0.2) is 21.9 Å². The number of fused-ring (bicyclic) bond motifs is 3. The molecule has 0 aliphatic heterocycles. The first-order chi connectivity index (χ1) is 14.9. The first kappa shape index (κ1) is 24.7. The minimum absolute atomic E-state index is 0.0608. The summed E-state index contributed by atoms with van der Waals surface area (Å²) in [5.74, 6) is 1.63. The number of methoxy groups -OCH3 is 1. The molecule has 0 amide bonds. The van der Waals surface area contributed by atoms with Crippen LogP contribution in [0, 0.1) is 5.92 Å². The van der Waals surface area contributed by atoms with Gasteiger partial charge in [-0.15, -0.1) is 23.5 Å². The third-order valence-electron chi connectivity index (χ3n) is 6.79. The lowest BCUT2D eigenvalue weighted by molar-refractivity contribution is -0.129. The van der Waals surface area contributed by atoms with Crippen molar-refractivity contribution in [3.05, 3.63) is 38.6 Å². The van der Waals surface area contributed by atoms with Crippen LogP contribution in [0.3, 0.4) is 0 Å². The van der Waals surface area contributed by atoms with E-state index in [1.54, 1.807) is 30.6 Å². The number of hydrogen-bond acceptors (Lipinski definition) is 6. The van der Waals surface area contributed by atoms with E-state index >= 15 is 0 Å². The second kappa shape index (κ2) is 10.8. The van der Waals surface area contributed by atoms with E-state index in [1.165, 1.54) is 16.7 Å². The number of Topliss-reactive ketones (excluding diaryl/α,β-unsaturated/α-hetero) is 1. The molecule has 2 aliphatic rings. The van der Waals surface area contributed by atoms with Crippen LogP contribution in [0.1, 0.15) is 62.6 Å². The lowest BCUT2D eigenvalue weighted by Gasteiger charge is -2.48. The highest BCUT2D eigenvalue weighted by Gasteiger charge is 2.52. The van der Waals surface area contributed by atoms with Gasteiger partial charge in [0.1, 0.15) is 12.5 Å². The van der Waals surface area contributed by atoms with Gasteiger partial charge in [0, 0.05) is 27.8 Å². The van der Waals surface area contributed by atoms with Crippen molar-refractivity contribution in [1.82, 2.24) is 0 Å². The number of rotatable bonds is 9. The van der Waals surface area contributed by atoms with E-state index in [2.05, 4.69) is 38.5 Å². The van der Waals surface area contributed by atoms with Crippen LogP contribution in [0.5, 0.6) is 5.75 Å². The van der Waals surface area contributed by atoms with E-state index in [0.717, 1.165) is 41.2 Å². The van der Waals surface area contributed by atoms with Crippen molar-refractivity contribution in [3.63, 3.8) is 0 Å². The summed E-state index contributed by atoms with van der Waals surface area (Å²) < 4.78 is 18.6. The quantitative estimate of drug-likeness (QED) is 0.256. The molecule has 172 valence electrons. The zero-order valence-corrected chi connectivity index (χ0v) is 21.3.